The highest BCUT2D eigenvalue weighted by Crippen LogP contribution is 2.32. The number of hydrogen-bond donors (Lipinski definition) is 0. The summed E-state index contributed by atoms with van der Waals surface area (Å²) in [7, 11) is 0. The van der Waals surface area contributed by atoms with Crippen molar-refractivity contribution in [1.29, 1.82) is 0 Å². The van der Waals surface area contributed by atoms with Gasteiger partial charge in [-0.1, -0.05) is 6.07 Å². The molecule has 0 bridgehead atoms. The minimum absolute atomic E-state index is 0.0148. The molecule has 5 heteroatoms. The summed E-state index contributed by atoms with van der Waals surface area (Å²) in [4.78, 5) is 24.3. The van der Waals surface area contributed by atoms with Crippen LogP contribution >= 0.6 is 0 Å². The summed E-state index contributed by atoms with van der Waals surface area (Å²) in [6.45, 7) is 4.91. The quantitative estimate of drug-likeness (QED) is 0.734. The third-order valence-corrected chi connectivity index (χ3v) is 3.62. The molecule has 2 aromatic heterocycles. The monoisotopic (exact) mass is 312 g/mol. The van der Waals surface area contributed by atoms with Gasteiger partial charge in [0.1, 0.15) is 5.58 Å². The topological polar surface area (TPSA) is 69.7 Å². The maximum atomic E-state index is 12.8. The normalized spacial score (nSPS) is 12.3. The first-order valence-corrected chi connectivity index (χ1v) is 7.26. The highest BCUT2D eigenvalue weighted by atomic mass is 16.5. The standard InChI is InChI=1S/C18H16O5/c1-10-6-7-13-15(9-10)23-17(14-5-4-8-21-14)18(16(13)20)22-12(3)11(2)19/h4-9,12H,1-3H3/t12-/m1/s1. The van der Waals surface area contributed by atoms with Gasteiger partial charge >= 0.3 is 0 Å². The maximum absolute atomic E-state index is 12.8. The van der Waals surface area contributed by atoms with Crippen molar-refractivity contribution in [1.82, 2.24) is 0 Å². The third-order valence-electron chi connectivity index (χ3n) is 3.62. The predicted molar refractivity (Wildman–Crippen MR) is 85.7 cm³/mol. The van der Waals surface area contributed by atoms with Gasteiger partial charge in [0.15, 0.2) is 17.6 Å². The number of benzene rings is 1. The Balaban J connectivity index is 2.28. The molecule has 0 aliphatic rings. The average Bonchev–Trinajstić information content (AvgIpc) is 3.03. The van der Waals surface area contributed by atoms with Gasteiger partial charge in [0.25, 0.3) is 0 Å². The summed E-state index contributed by atoms with van der Waals surface area (Å²) in [5.74, 6) is 0.361. The molecule has 1 aromatic carbocycles. The van der Waals surface area contributed by atoms with Crippen molar-refractivity contribution in [3.63, 3.8) is 0 Å². The highest BCUT2D eigenvalue weighted by molar-refractivity contribution is 5.83. The Bertz CT molecular complexity index is 918. The number of furan rings is 1. The molecular formula is C18H16O5. The molecule has 0 unspecified atom stereocenters. The molecule has 0 saturated heterocycles. The lowest BCUT2D eigenvalue weighted by Crippen LogP contribution is -2.24. The predicted octanol–water partition coefficient (Wildman–Crippen LogP) is 3.72. The van der Waals surface area contributed by atoms with Crippen LogP contribution in [-0.2, 0) is 4.79 Å². The number of fused-ring (bicyclic) bond motifs is 1. The van der Waals surface area contributed by atoms with Crippen LogP contribution in [0.4, 0.5) is 0 Å². The molecule has 118 valence electrons. The van der Waals surface area contributed by atoms with Gasteiger partial charge in [-0.3, -0.25) is 9.59 Å². The molecule has 23 heavy (non-hydrogen) atoms. The zero-order valence-electron chi connectivity index (χ0n) is 13.1. The molecule has 0 aliphatic heterocycles. The molecule has 0 fully saturated rings. The molecule has 0 spiro atoms. The van der Waals surface area contributed by atoms with Crippen LogP contribution in [0.5, 0.6) is 5.75 Å². The van der Waals surface area contributed by atoms with Gasteiger partial charge < -0.3 is 13.6 Å². The van der Waals surface area contributed by atoms with Crippen molar-refractivity contribution in [2.75, 3.05) is 0 Å². The van der Waals surface area contributed by atoms with Crippen molar-refractivity contribution in [3.8, 4) is 17.3 Å². The minimum atomic E-state index is -0.755. The zero-order chi connectivity index (χ0) is 16.6. The van der Waals surface area contributed by atoms with Gasteiger partial charge in [0, 0.05) is 0 Å². The molecular weight excluding hydrogens is 296 g/mol. The summed E-state index contributed by atoms with van der Waals surface area (Å²) in [5.41, 5.74) is 1.09. The summed E-state index contributed by atoms with van der Waals surface area (Å²) in [5, 5.41) is 0.400. The number of hydrogen-bond acceptors (Lipinski definition) is 5. The van der Waals surface area contributed by atoms with Crippen LogP contribution in [-0.4, -0.2) is 11.9 Å². The molecule has 1 atom stereocenters. The van der Waals surface area contributed by atoms with Gasteiger partial charge in [-0.15, -0.1) is 0 Å². The van der Waals surface area contributed by atoms with Crippen molar-refractivity contribution >= 4 is 16.8 Å². The molecule has 5 nitrogen and oxygen atoms in total. The average molecular weight is 312 g/mol. The Kier molecular flexibility index (Phi) is 3.78. The number of ketones is 1. The molecule has 3 rings (SSSR count). The molecule has 0 N–H and O–H groups in total. The van der Waals surface area contributed by atoms with Crippen LogP contribution in [0.25, 0.3) is 22.5 Å². The van der Waals surface area contributed by atoms with E-state index in [1.165, 1.54) is 13.2 Å². The molecule has 0 amide bonds. The van der Waals surface area contributed by atoms with E-state index in [0.29, 0.717) is 16.7 Å². The highest BCUT2D eigenvalue weighted by Gasteiger charge is 2.22. The Morgan fingerprint density at radius 2 is 2.04 bits per heavy atom. The number of rotatable bonds is 4. The first-order valence-electron chi connectivity index (χ1n) is 7.26. The van der Waals surface area contributed by atoms with Gasteiger partial charge in [0.05, 0.1) is 11.6 Å². The van der Waals surface area contributed by atoms with E-state index in [1.807, 2.05) is 13.0 Å². The first kappa shape index (κ1) is 15.1. The van der Waals surface area contributed by atoms with Gasteiger partial charge in [0.2, 0.25) is 16.9 Å². The Morgan fingerprint density at radius 3 is 2.70 bits per heavy atom. The van der Waals surface area contributed by atoms with E-state index in [4.69, 9.17) is 13.6 Å². The fourth-order valence-electron chi connectivity index (χ4n) is 2.22. The number of aryl methyl sites for hydroxylation is 1. The number of ether oxygens (including phenoxy) is 1. The van der Waals surface area contributed by atoms with E-state index >= 15 is 0 Å². The molecule has 3 aromatic rings. The van der Waals surface area contributed by atoms with Crippen molar-refractivity contribution in [2.45, 2.75) is 26.9 Å². The van der Waals surface area contributed by atoms with Crippen molar-refractivity contribution in [2.24, 2.45) is 0 Å². The van der Waals surface area contributed by atoms with E-state index in [2.05, 4.69) is 0 Å². The lowest BCUT2D eigenvalue weighted by Gasteiger charge is -2.14. The second-order valence-corrected chi connectivity index (χ2v) is 5.44. The fraction of sp³-hybridized carbons (Fsp3) is 0.222. The summed E-state index contributed by atoms with van der Waals surface area (Å²) < 4.78 is 16.8. The lowest BCUT2D eigenvalue weighted by molar-refractivity contribution is -0.122. The second kappa shape index (κ2) is 5.76. The van der Waals surface area contributed by atoms with Gasteiger partial charge in [-0.2, -0.15) is 0 Å². The SMILES string of the molecule is CC(=O)[C@@H](C)Oc1c(-c2ccco2)oc2cc(C)ccc2c1=O. The summed E-state index contributed by atoms with van der Waals surface area (Å²) in [6.07, 6.45) is 0.725. The fourth-order valence-corrected chi connectivity index (χ4v) is 2.22. The van der Waals surface area contributed by atoms with Crippen LogP contribution in [0.2, 0.25) is 0 Å². The number of carbonyl (C=O) groups excluding carboxylic acids is 1. The smallest absolute Gasteiger partial charge is 0.235 e. The number of carbonyl (C=O) groups is 1. The largest absolute Gasteiger partial charge is 0.475 e. The third kappa shape index (κ3) is 2.77. The van der Waals surface area contributed by atoms with E-state index in [1.54, 1.807) is 31.2 Å². The van der Waals surface area contributed by atoms with E-state index in [9.17, 15) is 9.59 Å². The Labute approximate surface area is 132 Å². The summed E-state index contributed by atoms with van der Waals surface area (Å²) >= 11 is 0. The minimum Gasteiger partial charge on any atom is -0.475 e. The van der Waals surface area contributed by atoms with Crippen LogP contribution in [0.3, 0.4) is 0 Å². The molecule has 0 saturated carbocycles. The van der Waals surface area contributed by atoms with Gasteiger partial charge in [-0.25, -0.2) is 0 Å². The summed E-state index contributed by atoms with van der Waals surface area (Å²) in [6, 6.07) is 8.65. The van der Waals surface area contributed by atoms with E-state index in [-0.39, 0.29) is 22.7 Å². The number of Topliss-reactive ketones (excluding diaryl/α,β-unsaturated/α-hetero) is 1. The van der Waals surface area contributed by atoms with E-state index in [0.717, 1.165) is 5.56 Å². The Morgan fingerprint density at radius 1 is 1.26 bits per heavy atom. The van der Waals surface area contributed by atoms with Gasteiger partial charge in [-0.05, 0) is 50.6 Å². The maximum Gasteiger partial charge on any atom is 0.235 e. The molecule has 0 aliphatic carbocycles. The molecule has 2 heterocycles. The Hall–Kier alpha value is -2.82. The second-order valence-electron chi connectivity index (χ2n) is 5.44. The zero-order valence-corrected chi connectivity index (χ0v) is 13.1. The van der Waals surface area contributed by atoms with Crippen LogP contribution in [0.15, 0.2) is 50.2 Å². The van der Waals surface area contributed by atoms with Crippen LogP contribution in [0.1, 0.15) is 19.4 Å². The van der Waals surface area contributed by atoms with Crippen molar-refractivity contribution < 1.29 is 18.4 Å². The lowest BCUT2D eigenvalue weighted by atomic mass is 10.1. The van der Waals surface area contributed by atoms with Crippen molar-refractivity contribution in [3.05, 3.63) is 52.4 Å². The molecule has 0 radical (unpaired) electrons. The van der Waals surface area contributed by atoms with Crippen LogP contribution in [0, 0.1) is 6.92 Å². The van der Waals surface area contributed by atoms with Crippen LogP contribution < -0.4 is 10.2 Å². The first-order chi connectivity index (χ1) is 11.0. The van der Waals surface area contributed by atoms with E-state index < -0.39 is 6.10 Å².